The maximum absolute atomic E-state index is 14.9. The van der Waals surface area contributed by atoms with Crippen molar-refractivity contribution < 1.29 is 13.9 Å². The number of benzene rings is 1. The number of pyridine rings is 1. The normalized spacial score (nSPS) is 24.0. The minimum atomic E-state index is -0.504. The minimum Gasteiger partial charge on any atom is -0.472 e. The second kappa shape index (κ2) is 8.30. The summed E-state index contributed by atoms with van der Waals surface area (Å²) in [7, 11) is 0. The van der Waals surface area contributed by atoms with Crippen molar-refractivity contribution >= 4 is 5.91 Å². The molecule has 1 saturated heterocycles. The Labute approximate surface area is 186 Å². The molecule has 2 fully saturated rings. The molecule has 4 unspecified atom stereocenters. The zero-order chi connectivity index (χ0) is 22.2. The molecule has 1 aromatic carbocycles. The van der Waals surface area contributed by atoms with E-state index in [0.717, 1.165) is 24.8 Å². The summed E-state index contributed by atoms with van der Waals surface area (Å²) >= 11 is 0. The Morgan fingerprint density at radius 3 is 2.66 bits per heavy atom. The molecule has 5 rings (SSSR count). The molecule has 3 heterocycles. The third kappa shape index (κ3) is 3.51. The van der Waals surface area contributed by atoms with Crippen LogP contribution in [0.25, 0.3) is 11.4 Å². The van der Waals surface area contributed by atoms with Crippen molar-refractivity contribution in [2.75, 3.05) is 0 Å². The highest BCUT2D eigenvalue weighted by Gasteiger charge is 2.54. The van der Waals surface area contributed by atoms with Gasteiger partial charge in [-0.15, -0.1) is 0 Å². The van der Waals surface area contributed by atoms with Gasteiger partial charge in [0.05, 0.1) is 17.2 Å². The number of carbonyl (C=O) groups excluding carboxylic acids is 1. The average Bonchev–Trinajstić information content (AvgIpc) is 3.38. The van der Waals surface area contributed by atoms with Gasteiger partial charge in [-0.1, -0.05) is 19.1 Å². The van der Waals surface area contributed by atoms with Gasteiger partial charge in [0, 0.05) is 30.7 Å². The molecule has 2 bridgehead atoms. The number of hydrogen-bond acceptors (Lipinski definition) is 5. The molecule has 0 N–H and O–H groups in total. The number of piperidine rings is 1. The lowest BCUT2D eigenvalue weighted by molar-refractivity contribution is 0.0272. The number of amides is 1. The summed E-state index contributed by atoms with van der Waals surface area (Å²) < 4.78 is 21.1. The standard InChI is InChI=1S/C25H25FN4O2/c1-3-19-16-12-20(21(13-16)32-22-9-8-15(2)14-29-22)30(19)25(31)17-6-4-7-18(26)23(17)24-27-10-5-11-28-24/h4-11,14,16,19-21H,3,12-13H2,1-2H3. The Bertz CT molecular complexity index is 1120. The minimum absolute atomic E-state index is 0.0756. The number of hydrogen-bond donors (Lipinski definition) is 0. The lowest BCUT2D eigenvalue weighted by Gasteiger charge is -2.39. The Morgan fingerprint density at radius 2 is 1.94 bits per heavy atom. The summed E-state index contributed by atoms with van der Waals surface area (Å²) in [5, 5.41) is 0. The fraction of sp³-hybridized carbons (Fsp3) is 0.360. The van der Waals surface area contributed by atoms with Gasteiger partial charge in [0.1, 0.15) is 11.9 Å². The molecule has 1 saturated carbocycles. The zero-order valence-electron chi connectivity index (χ0n) is 18.1. The van der Waals surface area contributed by atoms with Crippen LogP contribution in [0.2, 0.25) is 0 Å². The van der Waals surface area contributed by atoms with E-state index in [-0.39, 0.29) is 41.0 Å². The van der Waals surface area contributed by atoms with Crippen LogP contribution in [0.5, 0.6) is 5.88 Å². The number of halogens is 1. The Balaban J connectivity index is 1.48. The van der Waals surface area contributed by atoms with E-state index in [1.54, 1.807) is 36.8 Å². The van der Waals surface area contributed by atoms with Crippen molar-refractivity contribution in [2.45, 2.75) is 51.3 Å². The quantitative estimate of drug-likeness (QED) is 0.596. The lowest BCUT2D eigenvalue weighted by Crippen LogP contribution is -2.52. The van der Waals surface area contributed by atoms with Crippen LogP contribution in [0.1, 0.15) is 42.1 Å². The molecular formula is C25H25FN4O2. The average molecular weight is 432 g/mol. The fourth-order valence-electron chi connectivity index (χ4n) is 5.23. The molecule has 7 heteroatoms. The van der Waals surface area contributed by atoms with Gasteiger partial charge in [0.15, 0.2) is 5.82 Å². The van der Waals surface area contributed by atoms with Gasteiger partial charge < -0.3 is 9.64 Å². The van der Waals surface area contributed by atoms with Gasteiger partial charge >= 0.3 is 0 Å². The van der Waals surface area contributed by atoms with Gasteiger partial charge in [-0.3, -0.25) is 4.79 Å². The van der Waals surface area contributed by atoms with E-state index in [9.17, 15) is 9.18 Å². The number of nitrogens with zero attached hydrogens (tertiary/aromatic N) is 4. The first-order valence-electron chi connectivity index (χ1n) is 11.0. The molecule has 3 aromatic rings. The molecular weight excluding hydrogens is 407 g/mol. The zero-order valence-corrected chi connectivity index (χ0v) is 18.1. The maximum Gasteiger partial charge on any atom is 0.255 e. The van der Waals surface area contributed by atoms with E-state index in [2.05, 4.69) is 21.9 Å². The van der Waals surface area contributed by atoms with Crippen LogP contribution in [0.4, 0.5) is 4.39 Å². The van der Waals surface area contributed by atoms with E-state index >= 15 is 0 Å². The second-order valence-electron chi connectivity index (χ2n) is 8.55. The Hall–Kier alpha value is -3.35. The lowest BCUT2D eigenvalue weighted by atomic mass is 9.94. The summed E-state index contributed by atoms with van der Waals surface area (Å²) in [5.41, 5.74) is 1.50. The number of rotatable bonds is 5. The predicted octanol–water partition coefficient (Wildman–Crippen LogP) is 4.45. The predicted molar refractivity (Wildman–Crippen MR) is 118 cm³/mol. The summed E-state index contributed by atoms with van der Waals surface area (Å²) in [4.78, 5) is 28.5. The van der Waals surface area contributed by atoms with Gasteiger partial charge in [0.25, 0.3) is 5.91 Å². The summed E-state index contributed by atoms with van der Waals surface area (Å²) in [5.74, 6) is 0.433. The highest BCUT2D eigenvalue weighted by Crippen LogP contribution is 2.46. The van der Waals surface area contributed by atoms with Crippen molar-refractivity contribution in [1.29, 1.82) is 0 Å². The van der Waals surface area contributed by atoms with Crippen LogP contribution in [0.15, 0.2) is 55.0 Å². The van der Waals surface area contributed by atoms with Crippen molar-refractivity contribution in [3.63, 3.8) is 0 Å². The molecule has 1 aliphatic heterocycles. The monoisotopic (exact) mass is 432 g/mol. The fourth-order valence-corrected chi connectivity index (χ4v) is 5.23. The number of aryl methyl sites for hydroxylation is 1. The van der Waals surface area contributed by atoms with Crippen LogP contribution in [0.3, 0.4) is 0 Å². The van der Waals surface area contributed by atoms with E-state index < -0.39 is 5.82 Å². The molecule has 1 amide bonds. The molecule has 2 aliphatic rings. The van der Waals surface area contributed by atoms with Crippen LogP contribution in [0, 0.1) is 18.7 Å². The van der Waals surface area contributed by atoms with Crippen LogP contribution in [-0.4, -0.2) is 43.9 Å². The van der Waals surface area contributed by atoms with E-state index in [0.29, 0.717) is 11.8 Å². The topological polar surface area (TPSA) is 68.2 Å². The third-order valence-electron chi connectivity index (χ3n) is 6.61. The van der Waals surface area contributed by atoms with Crippen molar-refractivity contribution in [3.05, 3.63) is 71.9 Å². The Morgan fingerprint density at radius 1 is 1.12 bits per heavy atom. The van der Waals surface area contributed by atoms with Crippen LogP contribution >= 0.6 is 0 Å². The van der Waals surface area contributed by atoms with Gasteiger partial charge in [-0.05, 0) is 55.9 Å². The number of likely N-dealkylation sites (tertiary alicyclic amines) is 1. The second-order valence-corrected chi connectivity index (χ2v) is 8.55. The molecule has 0 spiro atoms. The molecule has 1 aliphatic carbocycles. The van der Waals surface area contributed by atoms with E-state index in [4.69, 9.17) is 4.74 Å². The SMILES string of the molecule is CCC1C2CC(Oc3ccc(C)cn3)C(C2)N1C(=O)c1cccc(F)c1-c1ncccn1. The molecule has 32 heavy (non-hydrogen) atoms. The molecule has 4 atom stereocenters. The molecule has 164 valence electrons. The highest BCUT2D eigenvalue weighted by atomic mass is 19.1. The number of carbonyl (C=O) groups is 1. The van der Waals surface area contributed by atoms with Crippen LogP contribution < -0.4 is 4.74 Å². The van der Waals surface area contributed by atoms with E-state index in [1.165, 1.54) is 6.07 Å². The first kappa shape index (κ1) is 20.5. The van der Waals surface area contributed by atoms with Crippen molar-refractivity contribution in [3.8, 4) is 17.3 Å². The molecule has 6 nitrogen and oxygen atoms in total. The number of aromatic nitrogens is 3. The Kier molecular flexibility index (Phi) is 5.33. The summed E-state index contributed by atoms with van der Waals surface area (Å²) in [6.07, 6.45) is 7.36. The van der Waals surface area contributed by atoms with Gasteiger partial charge in [-0.25, -0.2) is 19.3 Å². The molecule has 0 radical (unpaired) electrons. The first-order valence-corrected chi connectivity index (χ1v) is 11.0. The van der Waals surface area contributed by atoms with Gasteiger partial charge in [-0.2, -0.15) is 0 Å². The first-order chi connectivity index (χ1) is 15.6. The number of ether oxygens (including phenoxy) is 1. The largest absolute Gasteiger partial charge is 0.472 e. The highest BCUT2D eigenvalue weighted by molar-refractivity contribution is 6.01. The summed E-state index contributed by atoms with van der Waals surface area (Å²) in [6, 6.07) is 10.1. The van der Waals surface area contributed by atoms with Crippen LogP contribution in [-0.2, 0) is 0 Å². The maximum atomic E-state index is 14.9. The third-order valence-corrected chi connectivity index (χ3v) is 6.61. The number of fused-ring (bicyclic) bond motifs is 2. The van der Waals surface area contributed by atoms with Gasteiger partial charge in [0.2, 0.25) is 5.88 Å². The van der Waals surface area contributed by atoms with E-state index in [1.807, 2.05) is 24.0 Å². The van der Waals surface area contributed by atoms with Crippen molar-refractivity contribution in [2.24, 2.45) is 5.92 Å². The smallest absolute Gasteiger partial charge is 0.255 e. The van der Waals surface area contributed by atoms with Crippen molar-refractivity contribution in [1.82, 2.24) is 19.9 Å². The molecule has 2 aromatic heterocycles. The summed E-state index contributed by atoms with van der Waals surface area (Å²) in [6.45, 7) is 4.07.